The first-order valence-corrected chi connectivity index (χ1v) is 16.9. The smallest absolute Gasteiger partial charge is 0.135 e. The summed E-state index contributed by atoms with van der Waals surface area (Å²) in [5, 5.41) is 4.85. The average molecular weight is 645 g/mol. The molecule has 8 aromatic carbocycles. The van der Waals surface area contributed by atoms with E-state index >= 15 is 0 Å². The lowest BCUT2D eigenvalue weighted by atomic mass is 10.0. The Kier molecular flexibility index (Phi) is 8.53. The second kappa shape index (κ2) is 13.9. The molecule has 240 valence electrons. The molecule has 0 N–H and O–H groups in total. The molecule has 0 atom stereocenters. The second-order valence-electron chi connectivity index (χ2n) is 12.3. The fraction of sp³-hybridized carbons (Fsp3) is 0.0213. The minimum atomic E-state index is 0.962. The van der Waals surface area contributed by atoms with Crippen molar-refractivity contribution in [2.75, 3.05) is 16.8 Å². The summed E-state index contributed by atoms with van der Waals surface area (Å²) >= 11 is 0. The molecule has 0 aliphatic rings. The number of hydrogen-bond donors (Lipinski definition) is 0. The van der Waals surface area contributed by atoms with Crippen LogP contribution in [0.3, 0.4) is 0 Å². The summed E-state index contributed by atoms with van der Waals surface area (Å²) in [5.74, 6) is 0. The fourth-order valence-corrected chi connectivity index (χ4v) is 6.56. The molecule has 0 bridgehead atoms. The van der Waals surface area contributed by atoms with Crippen LogP contribution < -0.4 is 9.80 Å². The summed E-state index contributed by atoms with van der Waals surface area (Å²) in [4.78, 5) is 4.54. The van der Waals surface area contributed by atoms with E-state index < -0.39 is 0 Å². The number of furan rings is 1. The summed E-state index contributed by atoms with van der Waals surface area (Å²) < 4.78 is 5.65. The van der Waals surface area contributed by atoms with Gasteiger partial charge in [-0.1, -0.05) is 133 Å². The SMILES string of the molecule is CN(c1ccccc1)c1ccc(-c2ccc(N(c3ccccc3)c3cccc4ccccc34)cc2)cc1.c1ccc2c(c1)oc1ccccc12. The van der Waals surface area contributed by atoms with Crippen LogP contribution in [-0.2, 0) is 0 Å². The second-order valence-corrected chi connectivity index (χ2v) is 12.3. The molecule has 1 heterocycles. The molecule has 50 heavy (non-hydrogen) atoms. The zero-order valence-electron chi connectivity index (χ0n) is 27.9. The lowest BCUT2D eigenvalue weighted by Crippen LogP contribution is -2.10. The van der Waals surface area contributed by atoms with Crippen LogP contribution in [0.25, 0.3) is 43.8 Å². The van der Waals surface area contributed by atoms with Gasteiger partial charge in [0.2, 0.25) is 0 Å². The lowest BCUT2D eigenvalue weighted by molar-refractivity contribution is 0.669. The Balaban J connectivity index is 0.000000230. The van der Waals surface area contributed by atoms with Crippen molar-refractivity contribution in [3.05, 3.63) is 200 Å². The highest BCUT2D eigenvalue weighted by molar-refractivity contribution is 6.04. The monoisotopic (exact) mass is 644 g/mol. The number of nitrogens with zero attached hydrogens (tertiary/aromatic N) is 2. The molecule has 3 nitrogen and oxygen atoms in total. The summed E-state index contributed by atoms with van der Waals surface area (Å²) in [5.41, 5.74) is 10.1. The maximum atomic E-state index is 5.65. The number of benzene rings is 8. The van der Waals surface area contributed by atoms with E-state index in [1.165, 1.54) is 44.0 Å². The van der Waals surface area contributed by atoms with Gasteiger partial charge in [0.05, 0.1) is 5.69 Å². The largest absolute Gasteiger partial charge is 0.456 e. The number of rotatable bonds is 6. The van der Waals surface area contributed by atoms with Crippen LogP contribution in [-0.4, -0.2) is 7.05 Å². The van der Waals surface area contributed by atoms with E-state index in [9.17, 15) is 0 Å². The molecule has 0 aliphatic heterocycles. The highest BCUT2D eigenvalue weighted by atomic mass is 16.3. The van der Waals surface area contributed by atoms with Crippen molar-refractivity contribution in [3.63, 3.8) is 0 Å². The predicted octanol–water partition coefficient (Wildman–Crippen LogP) is 13.3. The molecule has 1 aromatic heterocycles. The first-order chi connectivity index (χ1) is 24.7. The molecule has 0 amide bonds. The number of para-hydroxylation sites is 4. The molecule has 9 rings (SSSR count). The number of hydrogen-bond acceptors (Lipinski definition) is 3. The quantitative estimate of drug-likeness (QED) is 0.180. The van der Waals surface area contributed by atoms with E-state index in [4.69, 9.17) is 4.42 Å². The molecule has 9 aromatic rings. The van der Waals surface area contributed by atoms with Crippen molar-refractivity contribution in [1.29, 1.82) is 0 Å². The van der Waals surface area contributed by atoms with E-state index in [-0.39, 0.29) is 0 Å². The van der Waals surface area contributed by atoms with Gasteiger partial charge in [-0.15, -0.1) is 0 Å². The van der Waals surface area contributed by atoms with Gasteiger partial charge in [0, 0.05) is 46.0 Å². The molecule has 0 saturated heterocycles. The Labute approximate surface area is 292 Å². The van der Waals surface area contributed by atoms with Crippen molar-refractivity contribution in [2.45, 2.75) is 0 Å². The molecule has 0 fully saturated rings. The standard InChI is InChI=1S/C35H28N2.C12H8O/c1-36(30-13-4-2-5-14-30)31-23-19-27(20-24-31)28-21-25-33(26-22-28)37(32-15-6-3-7-16-32)35-18-10-12-29-11-8-9-17-34(29)35;1-3-7-11-9(5-1)10-6-2-4-8-12(10)13-11/h2-26H,1H3;1-8H. The van der Waals surface area contributed by atoms with E-state index in [0.717, 1.165) is 28.2 Å². The van der Waals surface area contributed by atoms with E-state index in [1.807, 2.05) is 42.5 Å². The van der Waals surface area contributed by atoms with Crippen LogP contribution in [0.1, 0.15) is 0 Å². The lowest BCUT2D eigenvalue weighted by Gasteiger charge is -2.27. The van der Waals surface area contributed by atoms with Gasteiger partial charge in [0.15, 0.2) is 0 Å². The van der Waals surface area contributed by atoms with Gasteiger partial charge in [-0.3, -0.25) is 0 Å². The summed E-state index contributed by atoms with van der Waals surface area (Å²) in [6, 6.07) is 69.9. The van der Waals surface area contributed by atoms with Crippen LogP contribution in [0.2, 0.25) is 0 Å². The zero-order chi connectivity index (χ0) is 33.7. The summed E-state index contributed by atoms with van der Waals surface area (Å²) in [6.07, 6.45) is 0. The summed E-state index contributed by atoms with van der Waals surface area (Å²) in [7, 11) is 2.10. The fourth-order valence-electron chi connectivity index (χ4n) is 6.56. The Hall–Kier alpha value is -6.58. The average Bonchev–Trinajstić information content (AvgIpc) is 3.58. The maximum Gasteiger partial charge on any atom is 0.135 e. The van der Waals surface area contributed by atoms with Crippen LogP contribution >= 0.6 is 0 Å². The van der Waals surface area contributed by atoms with Crippen molar-refractivity contribution in [2.24, 2.45) is 0 Å². The molecule has 0 radical (unpaired) electrons. The van der Waals surface area contributed by atoms with Gasteiger partial charge in [0.1, 0.15) is 11.2 Å². The van der Waals surface area contributed by atoms with Gasteiger partial charge < -0.3 is 14.2 Å². The van der Waals surface area contributed by atoms with Crippen molar-refractivity contribution >= 4 is 61.1 Å². The van der Waals surface area contributed by atoms with Crippen molar-refractivity contribution in [1.82, 2.24) is 0 Å². The van der Waals surface area contributed by atoms with E-state index in [1.54, 1.807) is 0 Å². The maximum absolute atomic E-state index is 5.65. The third-order valence-electron chi connectivity index (χ3n) is 9.16. The number of fused-ring (bicyclic) bond motifs is 4. The minimum Gasteiger partial charge on any atom is -0.456 e. The van der Waals surface area contributed by atoms with Gasteiger partial charge >= 0.3 is 0 Å². The Morgan fingerprint density at radius 2 is 0.760 bits per heavy atom. The zero-order valence-corrected chi connectivity index (χ0v) is 27.9. The first kappa shape index (κ1) is 30.7. The predicted molar refractivity (Wildman–Crippen MR) is 212 cm³/mol. The molecule has 0 saturated carbocycles. The van der Waals surface area contributed by atoms with Gasteiger partial charge in [0.25, 0.3) is 0 Å². The van der Waals surface area contributed by atoms with Crippen LogP contribution in [0, 0.1) is 0 Å². The van der Waals surface area contributed by atoms with Crippen LogP contribution in [0.5, 0.6) is 0 Å². The first-order valence-electron chi connectivity index (χ1n) is 16.9. The van der Waals surface area contributed by atoms with Gasteiger partial charge in [-0.2, -0.15) is 0 Å². The van der Waals surface area contributed by atoms with E-state index in [0.29, 0.717) is 0 Å². The normalized spacial score (nSPS) is 10.9. The minimum absolute atomic E-state index is 0.962. The van der Waals surface area contributed by atoms with Crippen molar-refractivity contribution < 1.29 is 4.42 Å². The summed E-state index contributed by atoms with van der Waals surface area (Å²) in [6.45, 7) is 0. The molecule has 0 aliphatic carbocycles. The van der Waals surface area contributed by atoms with Gasteiger partial charge in [-0.05, 0) is 83.2 Å². The van der Waals surface area contributed by atoms with Crippen LogP contribution in [0.4, 0.5) is 28.4 Å². The van der Waals surface area contributed by atoms with Crippen LogP contribution in [0.15, 0.2) is 205 Å². The third-order valence-corrected chi connectivity index (χ3v) is 9.16. The molecular formula is C47H36N2O. The van der Waals surface area contributed by atoms with Crippen molar-refractivity contribution in [3.8, 4) is 11.1 Å². The highest BCUT2D eigenvalue weighted by Crippen LogP contribution is 2.39. The third kappa shape index (κ3) is 6.21. The molecule has 0 unspecified atom stereocenters. The van der Waals surface area contributed by atoms with E-state index in [2.05, 4.69) is 175 Å². The highest BCUT2D eigenvalue weighted by Gasteiger charge is 2.15. The molecule has 0 spiro atoms. The Bertz CT molecular complexity index is 2430. The Morgan fingerprint density at radius 1 is 0.340 bits per heavy atom. The molecule has 3 heteroatoms. The van der Waals surface area contributed by atoms with Gasteiger partial charge in [-0.25, -0.2) is 0 Å². The topological polar surface area (TPSA) is 19.6 Å². The number of anilines is 5. The Morgan fingerprint density at radius 3 is 1.36 bits per heavy atom. The molecular weight excluding hydrogens is 609 g/mol.